The van der Waals surface area contributed by atoms with Gasteiger partial charge in [-0.25, -0.2) is 0 Å². The maximum absolute atomic E-state index is 12.3. The van der Waals surface area contributed by atoms with E-state index in [-0.39, 0.29) is 12.1 Å². The fraction of sp³-hybridized carbons (Fsp3) is 0.556. The molecule has 0 radical (unpaired) electrons. The van der Waals surface area contributed by atoms with Crippen molar-refractivity contribution in [3.63, 3.8) is 0 Å². The number of ether oxygens (including phenoxy) is 2. The van der Waals surface area contributed by atoms with Crippen LogP contribution in [0, 0.1) is 12.3 Å². The zero-order valence-corrected chi connectivity index (χ0v) is 13.7. The van der Waals surface area contributed by atoms with Crippen molar-refractivity contribution in [3.05, 3.63) is 35.4 Å². The van der Waals surface area contributed by atoms with E-state index in [9.17, 15) is 4.79 Å². The van der Waals surface area contributed by atoms with Crippen molar-refractivity contribution in [2.24, 2.45) is 10.6 Å². The van der Waals surface area contributed by atoms with E-state index >= 15 is 0 Å². The summed E-state index contributed by atoms with van der Waals surface area (Å²) >= 11 is 0. The molecule has 2 heterocycles. The van der Waals surface area contributed by atoms with E-state index in [0.717, 1.165) is 17.7 Å². The average molecular weight is 317 g/mol. The Kier molecular flexibility index (Phi) is 4.66. The zero-order chi connectivity index (χ0) is 16.3. The molecule has 5 nitrogen and oxygen atoms in total. The maximum Gasteiger partial charge on any atom is 0.312 e. The zero-order valence-electron chi connectivity index (χ0n) is 13.7. The molecular formula is C18H23NO4. The van der Waals surface area contributed by atoms with Gasteiger partial charge in [-0.1, -0.05) is 35.0 Å². The molecule has 5 heteroatoms. The van der Waals surface area contributed by atoms with Crippen LogP contribution in [0.2, 0.25) is 0 Å². The van der Waals surface area contributed by atoms with E-state index in [1.807, 2.05) is 12.1 Å². The van der Waals surface area contributed by atoms with E-state index in [2.05, 4.69) is 24.2 Å². The van der Waals surface area contributed by atoms with Crippen LogP contribution in [0.15, 0.2) is 29.4 Å². The number of hydrogen-bond donors (Lipinski definition) is 0. The summed E-state index contributed by atoms with van der Waals surface area (Å²) in [6.07, 6.45) is 2.63. The molecule has 1 fully saturated rings. The van der Waals surface area contributed by atoms with Crippen molar-refractivity contribution in [2.45, 2.75) is 38.7 Å². The minimum absolute atomic E-state index is 0.0808. The van der Waals surface area contributed by atoms with Crippen molar-refractivity contribution in [2.75, 3.05) is 20.3 Å². The number of esters is 1. The van der Waals surface area contributed by atoms with Crippen LogP contribution in [0.3, 0.4) is 0 Å². The summed E-state index contributed by atoms with van der Waals surface area (Å²) in [5.41, 5.74) is 2.73. The first-order chi connectivity index (χ1) is 11.1. The van der Waals surface area contributed by atoms with E-state index in [1.165, 1.54) is 12.7 Å². The molecule has 2 aliphatic heterocycles. The first kappa shape index (κ1) is 16.0. The van der Waals surface area contributed by atoms with Gasteiger partial charge in [-0.15, -0.1) is 0 Å². The van der Waals surface area contributed by atoms with Crippen LogP contribution in [0.4, 0.5) is 0 Å². The number of benzene rings is 1. The fourth-order valence-electron chi connectivity index (χ4n) is 3.44. The normalized spacial score (nSPS) is 23.0. The molecule has 0 spiro atoms. The minimum Gasteiger partial charge on any atom is -0.469 e. The number of carbonyl (C=O) groups excluding carboxylic acids is 1. The second kappa shape index (κ2) is 6.71. The van der Waals surface area contributed by atoms with Gasteiger partial charge < -0.3 is 14.3 Å². The van der Waals surface area contributed by atoms with Gasteiger partial charge in [0.2, 0.25) is 0 Å². The highest BCUT2D eigenvalue weighted by molar-refractivity contribution is 6.01. The molecule has 23 heavy (non-hydrogen) atoms. The van der Waals surface area contributed by atoms with Gasteiger partial charge in [0.15, 0.2) is 0 Å². The summed E-state index contributed by atoms with van der Waals surface area (Å²) in [6, 6.07) is 8.23. The van der Waals surface area contributed by atoms with Gasteiger partial charge in [0.1, 0.15) is 6.10 Å². The van der Waals surface area contributed by atoms with Crippen LogP contribution in [0.1, 0.15) is 36.8 Å². The van der Waals surface area contributed by atoms with Gasteiger partial charge in [0, 0.05) is 26.1 Å². The Bertz CT molecular complexity index is 605. The number of hydrogen-bond acceptors (Lipinski definition) is 5. The van der Waals surface area contributed by atoms with Gasteiger partial charge in [0.25, 0.3) is 0 Å². The lowest BCUT2D eigenvalue weighted by atomic mass is 9.75. The summed E-state index contributed by atoms with van der Waals surface area (Å²) in [5.74, 6) is -0.159. The standard InChI is InChI=1S/C18H23NO4/c1-13-4-3-5-14(10-13)16-11-15(23-19-16)12-18(17(20)21-2)6-8-22-9-7-18/h3-5,10,15H,6-9,11-12H2,1-2H3. The third kappa shape index (κ3) is 3.39. The van der Waals surface area contributed by atoms with Crippen LogP contribution in [0.5, 0.6) is 0 Å². The Hall–Kier alpha value is -1.88. The van der Waals surface area contributed by atoms with Gasteiger partial charge in [-0.05, 0) is 25.3 Å². The number of oxime groups is 1. The first-order valence-electron chi connectivity index (χ1n) is 8.09. The number of methoxy groups -OCH3 is 1. The van der Waals surface area contributed by atoms with Crippen molar-refractivity contribution in [1.29, 1.82) is 0 Å². The Morgan fingerprint density at radius 3 is 2.87 bits per heavy atom. The largest absolute Gasteiger partial charge is 0.469 e. The maximum atomic E-state index is 12.3. The third-order valence-corrected chi connectivity index (χ3v) is 4.77. The molecule has 1 aromatic carbocycles. The number of nitrogens with zero attached hydrogens (tertiary/aromatic N) is 1. The quantitative estimate of drug-likeness (QED) is 0.801. The molecular weight excluding hydrogens is 294 g/mol. The van der Waals surface area contributed by atoms with Crippen LogP contribution >= 0.6 is 0 Å². The Morgan fingerprint density at radius 1 is 1.39 bits per heavy atom. The number of carbonyl (C=O) groups is 1. The van der Waals surface area contributed by atoms with Crippen molar-refractivity contribution in [3.8, 4) is 0 Å². The Labute approximate surface area is 136 Å². The van der Waals surface area contributed by atoms with Crippen molar-refractivity contribution >= 4 is 11.7 Å². The fourth-order valence-corrected chi connectivity index (χ4v) is 3.44. The second-order valence-corrected chi connectivity index (χ2v) is 6.43. The minimum atomic E-state index is -0.505. The molecule has 0 saturated carbocycles. The van der Waals surface area contributed by atoms with E-state index in [0.29, 0.717) is 32.5 Å². The molecule has 2 aliphatic rings. The summed E-state index contributed by atoms with van der Waals surface area (Å²) in [6.45, 7) is 3.24. The molecule has 1 atom stereocenters. The molecule has 0 N–H and O–H groups in total. The third-order valence-electron chi connectivity index (χ3n) is 4.77. The van der Waals surface area contributed by atoms with Crippen molar-refractivity contribution in [1.82, 2.24) is 0 Å². The molecule has 0 bridgehead atoms. The van der Waals surface area contributed by atoms with Gasteiger partial charge >= 0.3 is 5.97 Å². The molecule has 0 aliphatic carbocycles. The SMILES string of the molecule is COC(=O)C1(CC2CC(c3cccc(C)c3)=NO2)CCOCC1. The van der Waals surface area contributed by atoms with Crippen LogP contribution in [-0.4, -0.2) is 38.1 Å². The monoisotopic (exact) mass is 317 g/mol. The molecule has 124 valence electrons. The summed E-state index contributed by atoms with van der Waals surface area (Å²) in [5, 5.41) is 4.24. The van der Waals surface area contributed by atoms with E-state index in [1.54, 1.807) is 0 Å². The van der Waals surface area contributed by atoms with Crippen LogP contribution < -0.4 is 0 Å². The van der Waals surface area contributed by atoms with Gasteiger partial charge in [-0.2, -0.15) is 0 Å². The summed E-state index contributed by atoms with van der Waals surface area (Å²) in [4.78, 5) is 17.9. The Balaban J connectivity index is 1.68. The van der Waals surface area contributed by atoms with E-state index < -0.39 is 5.41 Å². The van der Waals surface area contributed by atoms with Gasteiger partial charge in [-0.3, -0.25) is 4.79 Å². The van der Waals surface area contributed by atoms with Crippen molar-refractivity contribution < 1.29 is 19.1 Å². The van der Waals surface area contributed by atoms with Crippen LogP contribution in [-0.2, 0) is 19.1 Å². The first-order valence-corrected chi connectivity index (χ1v) is 8.09. The molecule has 1 saturated heterocycles. The van der Waals surface area contributed by atoms with Crippen LogP contribution in [0.25, 0.3) is 0 Å². The second-order valence-electron chi connectivity index (χ2n) is 6.43. The lowest BCUT2D eigenvalue weighted by Gasteiger charge is -2.35. The molecule has 1 unspecified atom stereocenters. The predicted octanol–water partition coefficient (Wildman–Crippen LogP) is 2.85. The predicted molar refractivity (Wildman–Crippen MR) is 86.3 cm³/mol. The summed E-state index contributed by atoms with van der Waals surface area (Å²) < 4.78 is 10.5. The topological polar surface area (TPSA) is 57.1 Å². The highest BCUT2D eigenvalue weighted by Crippen LogP contribution is 2.39. The number of aryl methyl sites for hydroxylation is 1. The smallest absolute Gasteiger partial charge is 0.312 e. The highest BCUT2D eigenvalue weighted by atomic mass is 16.6. The lowest BCUT2D eigenvalue weighted by Crippen LogP contribution is -2.41. The average Bonchev–Trinajstić information content (AvgIpc) is 3.03. The molecule has 0 aromatic heterocycles. The number of rotatable bonds is 4. The highest BCUT2D eigenvalue weighted by Gasteiger charge is 2.44. The summed E-state index contributed by atoms with van der Waals surface area (Å²) in [7, 11) is 1.45. The molecule has 0 amide bonds. The van der Waals surface area contributed by atoms with E-state index in [4.69, 9.17) is 14.3 Å². The van der Waals surface area contributed by atoms with Gasteiger partial charge in [0.05, 0.1) is 18.2 Å². The lowest BCUT2D eigenvalue weighted by molar-refractivity contribution is -0.162. The Morgan fingerprint density at radius 2 is 2.17 bits per heavy atom. The molecule has 1 aromatic rings. The molecule has 3 rings (SSSR count).